The highest BCUT2D eigenvalue weighted by Gasteiger charge is 2.12. The molecule has 0 aliphatic carbocycles. The summed E-state index contributed by atoms with van der Waals surface area (Å²) in [7, 11) is 0. The van der Waals surface area contributed by atoms with Gasteiger partial charge in [0.1, 0.15) is 5.76 Å². The molecule has 2 N–H and O–H groups in total. The Morgan fingerprint density at radius 2 is 2.20 bits per heavy atom. The lowest BCUT2D eigenvalue weighted by atomic mass is 10.2. The van der Waals surface area contributed by atoms with Crippen molar-refractivity contribution in [3.63, 3.8) is 0 Å². The second-order valence-corrected chi connectivity index (χ2v) is 5.79. The van der Waals surface area contributed by atoms with Gasteiger partial charge in [-0.05, 0) is 32.0 Å². The Morgan fingerprint density at radius 3 is 3.00 bits per heavy atom. The van der Waals surface area contributed by atoms with Crippen LogP contribution in [0.3, 0.4) is 0 Å². The molecule has 4 aromatic rings. The Labute approximate surface area is 142 Å². The second kappa shape index (κ2) is 5.90. The molecule has 126 valence electrons. The molecule has 0 aliphatic heterocycles. The molecule has 8 heteroatoms. The minimum absolute atomic E-state index is 0.223. The largest absolute Gasteiger partial charge is 0.361 e. The molecule has 25 heavy (non-hydrogen) atoms. The number of fused-ring (bicyclic) bond motifs is 1. The number of aryl methyl sites for hydroxylation is 2. The number of amides is 1. The molecule has 0 spiro atoms. The van der Waals surface area contributed by atoms with Crippen molar-refractivity contribution in [1.29, 1.82) is 0 Å². The lowest BCUT2D eigenvalue weighted by molar-refractivity contribution is 0.102. The van der Waals surface area contributed by atoms with Gasteiger partial charge < -0.3 is 14.8 Å². The van der Waals surface area contributed by atoms with Gasteiger partial charge in [-0.1, -0.05) is 5.16 Å². The van der Waals surface area contributed by atoms with Crippen LogP contribution in [0.5, 0.6) is 0 Å². The first-order chi connectivity index (χ1) is 12.1. The van der Waals surface area contributed by atoms with Crippen LogP contribution < -0.4 is 5.32 Å². The molecule has 0 unspecified atom stereocenters. The highest BCUT2D eigenvalue weighted by Crippen LogP contribution is 2.16. The van der Waals surface area contributed by atoms with Crippen LogP contribution in [0.1, 0.15) is 27.4 Å². The van der Waals surface area contributed by atoms with E-state index < -0.39 is 0 Å². The van der Waals surface area contributed by atoms with Crippen molar-refractivity contribution in [2.75, 3.05) is 5.32 Å². The maximum Gasteiger partial charge on any atom is 0.256 e. The van der Waals surface area contributed by atoms with Crippen molar-refractivity contribution in [1.82, 2.24) is 24.9 Å². The predicted molar refractivity (Wildman–Crippen MR) is 91.4 cm³/mol. The molecular formula is C17H16N6O2. The summed E-state index contributed by atoms with van der Waals surface area (Å²) in [6, 6.07) is 7.06. The molecule has 3 heterocycles. The van der Waals surface area contributed by atoms with Crippen molar-refractivity contribution in [3.8, 4) is 0 Å². The van der Waals surface area contributed by atoms with Crippen LogP contribution in [0.15, 0.2) is 41.3 Å². The summed E-state index contributed by atoms with van der Waals surface area (Å²) in [5, 5.41) is 11.1. The third-order valence-electron chi connectivity index (χ3n) is 4.07. The molecule has 0 saturated heterocycles. The molecule has 1 amide bonds. The average molecular weight is 336 g/mol. The normalized spacial score (nSPS) is 11.1. The van der Waals surface area contributed by atoms with Crippen molar-refractivity contribution in [3.05, 3.63) is 59.4 Å². The first kappa shape index (κ1) is 15.1. The molecule has 8 nitrogen and oxygen atoms in total. The van der Waals surface area contributed by atoms with Gasteiger partial charge in [0.25, 0.3) is 5.91 Å². The highest BCUT2D eigenvalue weighted by atomic mass is 16.5. The zero-order chi connectivity index (χ0) is 17.4. The monoisotopic (exact) mass is 336 g/mol. The van der Waals surface area contributed by atoms with E-state index in [0.29, 0.717) is 17.9 Å². The topological polar surface area (TPSA) is 102 Å². The molecule has 0 atom stereocenters. The molecule has 0 fully saturated rings. The van der Waals surface area contributed by atoms with E-state index in [1.807, 2.05) is 13.8 Å². The zero-order valence-electron chi connectivity index (χ0n) is 13.8. The number of nitrogens with zero attached hydrogens (tertiary/aromatic N) is 4. The summed E-state index contributed by atoms with van der Waals surface area (Å²) < 4.78 is 6.89. The SMILES string of the molecule is Cc1noc(C)c1Cn1ccc(NC(=O)c2ccc3nc[nH]c3c2)n1. The number of benzene rings is 1. The van der Waals surface area contributed by atoms with Gasteiger partial charge in [-0.15, -0.1) is 0 Å². The third-order valence-corrected chi connectivity index (χ3v) is 4.07. The summed E-state index contributed by atoms with van der Waals surface area (Å²) in [5.74, 6) is 1.03. The van der Waals surface area contributed by atoms with Crippen LogP contribution in [0.4, 0.5) is 5.82 Å². The number of H-pyrrole nitrogens is 1. The lowest BCUT2D eigenvalue weighted by Gasteiger charge is -2.03. The van der Waals surface area contributed by atoms with E-state index in [-0.39, 0.29) is 5.91 Å². The number of rotatable bonds is 4. The minimum Gasteiger partial charge on any atom is -0.361 e. The van der Waals surface area contributed by atoms with Crippen LogP contribution in [0, 0.1) is 13.8 Å². The van der Waals surface area contributed by atoms with Gasteiger partial charge in [-0.2, -0.15) is 5.10 Å². The number of aromatic nitrogens is 5. The first-order valence-electron chi connectivity index (χ1n) is 7.80. The van der Waals surface area contributed by atoms with Gasteiger partial charge in [-0.3, -0.25) is 9.48 Å². The molecule has 4 rings (SSSR count). The Balaban J connectivity index is 1.49. The Morgan fingerprint density at radius 1 is 1.32 bits per heavy atom. The number of carbonyl (C=O) groups excluding carboxylic acids is 1. The summed E-state index contributed by atoms with van der Waals surface area (Å²) >= 11 is 0. The van der Waals surface area contributed by atoms with Gasteiger partial charge >= 0.3 is 0 Å². The zero-order valence-corrected chi connectivity index (χ0v) is 13.8. The van der Waals surface area contributed by atoms with Gasteiger partial charge in [0.15, 0.2) is 5.82 Å². The van der Waals surface area contributed by atoms with Crippen LogP contribution in [-0.2, 0) is 6.54 Å². The summed E-state index contributed by atoms with van der Waals surface area (Å²) in [4.78, 5) is 19.5. The molecule has 0 saturated carbocycles. The molecular weight excluding hydrogens is 320 g/mol. The van der Waals surface area contributed by atoms with Crippen LogP contribution >= 0.6 is 0 Å². The van der Waals surface area contributed by atoms with Gasteiger partial charge in [-0.25, -0.2) is 4.98 Å². The van der Waals surface area contributed by atoms with Crippen LogP contribution in [0.25, 0.3) is 11.0 Å². The standard InChI is InChI=1S/C17H16N6O2/c1-10-13(11(2)25-22-10)8-23-6-5-16(21-23)20-17(24)12-3-4-14-15(7-12)19-9-18-14/h3-7,9H,8H2,1-2H3,(H,18,19)(H,20,21,24). The van der Waals surface area contributed by atoms with E-state index in [9.17, 15) is 4.79 Å². The van der Waals surface area contributed by atoms with E-state index >= 15 is 0 Å². The number of nitrogens with one attached hydrogen (secondary N) is 2. The maximum atomic E-state index is 12.4. The van der Waals surface area contributed by atoms with E-state index in [0.717, 1.165) is 28.1 Å². The average Bonchev–Trinajstić information content (AvgIpc) is 3.31. The quantitative estimate of drug-likeness (QED) is 0.596. The van der Waals surface area contributed by atoms with Crippen LogP contribution in [-0.4, -0.2) is 30.8 Å². The minimum atomic E-state index is -0.223. The fourth-order valence-electron chi connectivity index (χ4n) is 2.67. The predicted octanol–water partition coefficient (Wildman–Crippen LogP) is 2.66. The van der Waals surface area contributed by atoms with Gasteiger partial charge in [0, 0.05) is 23.4 Å². The fraction of sp³-hybridized carbons (Fsp3) is 0.176. The third kappa shape index (κ3) is 2.89. The number of hydrogen-bond donors (Lipinski definition) is 2. The van der Waals surface area contributed by atoms with Crippen molar-refractivity contribution >= 4 is 22.8 Å². The number of carbonyl (C=O) groups is 1. The van der Waals surface area contributed by atoms with Crippen molar-refractivity contribution in [2.45, 2.75) is 20.4 Å². The first-order valence-corrected chi connectivity index (χ1v) is 7.80. The lowest BCUT2D eigenvalue weighted by Crippen LogP contribution is -2.13. The van der Waals surface area contributed by atoms with E-state index in [1.54, 1.807) is 41.5 Å². The second-order valence-electron chi connectivity index (χ2n) is 5.79. The summed E-state index contributed by atoms with van der Waals surface area (Å²) in [6.45, 7) is 4.30. The number of hydrogen-bond acceptors (Lipinski definition) is 5. The van der Waals surface area contributed by atoms with Crippen LogP contribution in [0.2, 0.25) is 0 Å². The molecule has 0 radical (unpaired) electrons. The number of aromatic amines is 1. The molecule has 1 aromatic carbocycles. The number of imidazole rings is 1. The van der Waals surface area contributed by atoms with Gasteiger partial charge in [0.2, 0.25) is 0 Å². The highest BCUT2D eigenvalue weighted by molar-refractivity contribution is 6.05. The van der Waals surface area contributed by atoms with E-state index in [4.69, 9.17) is 4.52 Å². The van der Waals surface area contributed by atoms with Crippen molar-refractivity contribution < 1.29 is 9.32 Å². The smallest absolute Gasteiger partial charge is 0.256 e. The maximum absolute atomic E-state index is 12.4. The van der Waals surface area contributed by atoms with Crippen molar-refractivity contribution in [2.24, 2.45) is 0 Å². The Bertz CT molecular complexity index is 1040. The van der Waals surface area contributed by atoms with E-state index in [2.05, 4.69) is 25.5 Å². The Kier molecular flexibility index (Phi) is 3.57. The Hall–Kier alpha value is -3.42. The fourth-order valence-corrected chi connectivity index (χ4v) is 2.67. The number of anilines is 1. The molecule has 0 bridgehead atoms. The van der Waals surface area contributed by atoms with E-state index in [1.165, 1.54) is 0 Å². The molecule has 3 aromatic heterocycles. The van der Waals surface area contributed by atoms with Gasteiger partial charge in [0.05, 0.1) is 29.6 Å². The summed E-state index contributed by atoms with van der Waals surface area (Å²) in [6.07, 6.45) is 3.41. The molecule has 0 aliphatic rings. The summed E-state index contributed by atoms with van der Waals surface area (Å²) in [5.41, 5.74) is 4.01.